The Kier molecular flexibility index (Phi) is 8.66. The second-order valence-corrected chi connectivity index (χ2v) is 13.9. The topological polar surface area (TPSA) is 121 Å². The number of aliphatic imine (C=N–C) groups is 1. The predicted molar refractivity (Wildman–Crippen MR) is 163 cm³/mol. The van der Waals surface area contributed by atoms with Crippen LogP contribution in [0.3, 0.4) is 0 Å². The fourth-order valence-corrected chi connectivity index (χ4v) is 6.78. The molecule has 10 nitrogen and oxygen atoms in total. The number of benzene rings is 2. The number of hydrogen-bond donors (Lipinski definition) is 1. The fraction of sp³-hybridized carbons (Fsp3) is 0.375. The van der Waals surface area contributed by atoms with Crippen LogP contribution < -0.4 is 5.32 Å². The molecule has 2 aromatic carbocycles. The Labute approximate surface area is 252 Å². The zero-order valence-corrected chi connectivity index (χ0v) is 25.6. The molecule has 2 amide bonds. The smallest absolute Gasteiger partial charge is 0.410 e. The minimum Gasteiger partial charge on any atom is -0.444 e. The van der Waals surface area contributed by atoms with Crippen molar-refractivity contribution in [3.8, 4) is 0 Å². The number of aromatic nitrogens is 1. The molecule has 5 rings (SSSR count). The molecule has 1 saturated carbocycles. The van der Waals surface area contributed by atoms with Gasteiger partial charge in [-0.1, -0.05) is 30.3 Å². The summed E-state index contributed by atoms with van der Waals surface area (Å²) >= 11 is 0. The molecule has 1 unspecified atom stereocenters. The van der Waals surface area contributed by atoms with Gasteiger partial charge in [0.25, 0.3) is 5.91 Å². The molecule has 1 saturated heterocycles. The lowest BCUT2D eigenvalue weighted by Gasteiger charge is -2.26. The molecular formula is C32H37N5O5S. The Morgan fingerprint density at radius 2 is 1.67 bits per heavy atom. The van der Waals surface area contributed by atoms with Crippen LogP contribution in [0.5, 0.6) is 0 Å². The molecule has 43 heavy (non-hydrogen) atoms. The number of pyridine rings is 1. The standard InChI is InChI=1S/C32H37N5O5S/c1-32(2,3)42-31(39)36-20-27-28(21-36)29(27)35-30(38)25-11-7-23(8-12-25)18-37(19-24-6-5-15-34-17-24)43(40,41)26-13-9-22(10-14-26)16-33-4/h5-17,27-29H,18-21H2,1-4H3,(H,35,38)/t27-,28+,29?. The highest BCUT2D eigenvalue weighted by atomic mass is 32.2. The van der Waals surface area contributed by atoms with Crippen molar-refractivity contribution in [1.82, 2.24) is 19.5 Å². The summed E-state index contributed by atoms with van der Waals surface area (Å²) in [6, 6.07) is 17.2. The van der Waals surface area contributed by atoms with Crippen molar-refractivity contribution >= 4 is 28.2 Å². The van der Waals surface area contributed by atoms with E-state index in [2.05, 4.69) is 15.3 Å². The minimum atomic E-state index is -3.85. The molecule has 2 heterocycles. The van der Waals surface area contributed by atoms with E-state index >= 15 is 0 Å². The minimum absolute atomic E-state index is 0.0287. The summed E-state index contributed by atoms with van der Waals surface area (Å²) in [4.78, 5) is 35.3. The number of amides is 2. The van der Waals surface area contributed by atoms with E-state index in [4.69, 9.17) is 4.74 Å². The van der Waals surface area contributed by atoms with Crippen LogP contribution in [0.25, 0.3) is 0 Å². The van der Waals surface area contributed by atoms with Gasteiger partial charge in [-0.3, -0.25) is 14.8 Å². The maximum absolute atomic E-state index is 13.7. The van der Waals surface area contributed by atoms with Gasteiger partial charge >= 0.3 is 6.09 Å². The highest BCUT2D eigenvalue weighted by Crippen LogP contribution is 2.46. The molecule has 11 heteroatoms. The van der Waals surface area contributed by atoms with Crippen LogP contribution in [0.2, 0.25) is 0 Å². The van der Waals surface area contributed by atoms with E-state index in [1.165, 1.54) is 4.31 Å². The summed E-state index contributed by atoms with van der Waals surface area (Å²) in [6.45, 7) is 6.92. The van der Waals surface area contributed by atoms with Gasteiger partial charge in [0, 0.05) is 75.3 Å². The van der Waals surface area contributed by atoms with E-state index in [1.54, 1.807) is 85.2 Å². The third-order valence-corrected chi connectivity index (χ3v) is 9.40. The van der Waals surface area contributed by atoms with Gasteiger partial charge in [-0.05, 0) is 67.8 Å². The van der Waals surface area contributed by atoms with Gasteiger partial charge in [0.2, 0.25) is 10.0 Å². The van der Waals surface area contributed by atoms with Gasteiger partial charge in [0.1, 0.15) is 5.60 Å². The molecule has 1 aromatic heterocycles. The summed E-state index contributed by atoms with van der Waals surface area (Å²) in [7, 11) is -2.19. The average Bonchev–Trinajstić information content (AvgIpc) is 3.39. The molecule has 0 bridgehead atoms. The van der Waals surface area contributed by atoms with Gasteiger partial charge in [-0.25, -0.2) is 13.2 Å². The Bertz CT molecular complexity index is 1570. The monoisotopic (exact) mass is 603 g/mol. The van der Waals surface area contributed by atoms with Crippen LogP contribution in [0.1, 0.15) is 47.8 Å². The number of likely N-dealkylation sites (tertiary alicyclic amines) is 1. The van der Waals surface area contributed by atoms with Gasteiger partial charge in [-0.2, -0.15) is 4.31 Å². The zero-order valence-electron chi connectivity index (χ0n) is 24.8. The van der Waals surface area contributed by atoms with Crippen LogP contribution in [-0.2, 0) is 27.8 Å². The number of piperidine rings is 1. The number of hydrogen-bond acceptors (Lipinski definition) is 7. The molecule has 3 atom stereocenters. The molecule has 0 radical (unpaired) electrons. The van der Waals surface area contributed by atoms with Crippen LogP contribution in [0, 0.1) is 11.8 Å². The van der Waals surface area contributed by atoms with E-state index in [9.17, 15) is 18.0 Å². The lowest BCUT2D eigenvalue weighted by atomic mass is 10.1. The summed E-state index contributed by atoms with van der Waals surface area (Å²) in [5.41, 5.74) is 2.27. The second kappa shape index (κ2) is 12.3. The first-order chi connectivity index (χ1) is 20.4. The van der Waals surface area contributed by atoms with Crippen molar-refractivity contribution in [3.63, 3.8) is 0 Å². The molecule has 1 aliphatic carbocycles. The van der Waals surface area contributed by atoms with E-state index in [-0.39, 0.29) is 47.9 Å². The van der Waals surface area contributed by atoms with Crippen molar-refractivity contribution in [3.05, 3.63) is 95.3 Å². The third kappa shape index (κ3) is 7.29. The van der Waals surface area contributed by atoms with Gasteiger partial charge in [0.05, 0.1) is 4.90 Å². The fourth-order valence-electron chi connectivity index (χ4n) is 5.36. The number of nitrogens with zero attached hydrogens (tertiary/aromatic N) is 4. The normalized spacial score (nSPS) is 19.8. The number of rotatable bonds is 9. The SMILES string of the molecule is CN=Cc1ccc(S(=O)(=O)N(Cc2ccc(C(=O)NC3[C@H]4CN(C(=O)OC(C)(C)C)C[C@@H]34)cc2)Cc2cccnc2)cc1. The molecule has 2 aliphatic rings. The Hall–Kier alpha value is -4.09. The zero-order chi connectivity index (χ0) is 30.8. The summed E-state index contributed by atoms with van der Waals surface area (Å²) < 4.78 is 34.3. The number of sulfonamides is 1. The van der Waals surface area contributed by atoms with Crippen molar-refractivity contribution in [2.75, 3.05) is 20.1 Å². The molecular weight excluding hydrogens is 566 g/mol. The largest absolute Gasteiger partial charge is 0.444 e. The molecule has 0 spiro atoms. The van der Waals surface area contributed by atoms with Crippen molar-refractivity contribution in [2.45, 2.75) is 50.4 Å². The number of fused-ring (bicyclic) bond motifs is 1. The lowest BCUT2D eigenvalue weighted by molar-refractivity contribution is 0.0270. The van der Waals surface area contributed by atoms with E-state index in [0.29, 0.717) is 18.7 Å². The van der Waals surface area contributed by atoms with Gasteiger partial charge in [0.15, 0.2) is 0 Å². The van der Waals surface area contributed by atoms with E-state index in [1.807, 2.05) is 26.8 Å². The third-order valence-electron chi connectivity index (χ3n) is 7.60. The Morgan fingerprint density at radius 3 is 2.26 bits per heavy atom. The number of nitrogens with one attached hydrogen (secondary N) is 1. The molecule has 3 aromatic rings. The average molecular weight is 604 g/mol. The number of carbonyl (C=O) groups is 2. The molecule has 226 valence electrons. The summed E-state index contributed by atoms with van der Waals surface area (Å²) in [5, 5.41) is 3.09. The number of carbonyl (C=O) groups excluding carboxylic acids is 2. The van der Waals surface area contributed by atoms with Crippen molar-refractivity contribution in [2.24, 2.45) is 16.8 Å². The van der Waals surface area contributed by atoms with Crippen LogP contribution in [-0.4, -0.2) is 72.6 Å². The quantitative estimate of drug-likeness (QED) is 0.368. The Balaban J connectivity index is 1.23. The lowest BCUT2D eigenvalue weighted by Crippen LogP contribution is -2.40. The van der Waals surface area contributed by atoms with E-state index < -0.39 is 15.6 Å². The molecule has 2 fully saturated rings. The first-order valence-corrected chi connectivity index (χ1v) is 15.7. The molecule has 1 N–H and O–H groups in total. The van der Waals surface area contributed by atoms with Crippen LogP contribution in [0.4, 0.5) is 4.79 Å². The van der Waals surface area contributed by atoms with Crippen LogP contribution >= 0.6 is 0 Å². The van der Waals surface area contributed by atoms with Gasteiger partial charge in [-0.15, -0.1) is 0 Å². The van der Waals surface area contributed by atoms with E-state index in [0.717, 1.165) is 16.7 Å². The predicted octanol–water partition coefficient (Wildman–Crippen LogP) is 4.12. The summed E-state index contributed by atoms with van der Waals surface area (Å²) in [6.07, 6.45) is 4.64. The summed E-state index contributed by atoms with van der Waals surface area (Å²) in [5.74, 6) is 0.265. The van der Waals surface area contributed by atoms with Gasteiger partial charge < -0.3 is 15.0 Å². The molecule has 1 aliphatic heterocycles. The first kappa shape index (κ1) is 30.4. The maximum atomic E-state index is 13.7. The van der Waals surface area contributed by atoms with Crippen molar-refractivity contribution in [1.29, 1.82) is 0 Å². The highest BCUT2D eigenvalue weighted by molar-refractivity contribution is 7.89. The first-order valence-electron chi connectivity index (χ1n) is 14.2. The number of ether oxygens (including phenoxy) is 1. The van der Waals surface area contributed by atoms with Crippen LogP contribution in [0.15, 0.2) is 82.9 Å². The highest BCUT2D eigenvalue weighted by Gasteiger charge is 2.58. The maximum Gasteiger partial charge on any atom is 0.410 e. The van der Waals surface area contributed by atoms with Crippen molar-refractivity contribution < 1.29 is 22.7 Å². The second-order valence-electron chi connectivity index (χ2n) is 12.0. The Morgan fingerprint density at radius 1 is 1.02 bits per heavy atom.